The van der Waals surface area contributed by atoms with E-state index in [1.165, 1.54) is 6.07 Å². The van der Waals surface area contributed by atoms with Crippen LogP contribution in [0.25, 0.3) is 0 Å². The van der Waals surface area contributed by atoms with Gasteiger partial charge in [0.15, 0.2) is 28.4 Å². The Bertz CT molecular complexity index is 1360. The number of rotatable bonds is 4. The molecule has 1 fully saturated rings. The standard InChI is InChI=1S/C24H17Cl2F5N4OS/c25-13-3-1-2-12(10-13)23(36)33-24(37)32-14-4-5-16(15(26)11-14)34-6-8-35(9-7-34)22-20(30)18(28)17(27)19(29)21(22)31/h1-5,10-11H,6-9H2,(H2,32,33,36,37). The molecule has 194 valence electrons. The average molecular weight is 575 g/mol. The van der Waals surface area contributed by atoms with E-state index in [0.29, 0.717) is 27.0 Å². The maximum Gasteiger partial charge on any atom is 0.257 e. The van der Waals surface area contributed by atoms with Gasteiger partial charge in [0.1, 0.15) is 5.69 Å². The molecule has 0 aromatic heterocycles. The van der Waals surface area contributed by atoms with Crippen molar-refractivity contribution >= 4 is 63.5 Å². The minimum atomic E-state index is -2.19. The highest BCUT2D eigenvalue weighted by Gasteiger charge is 2.31. The first-order valence-electron chi connectivity index (χ1n) is 10.8. The summed E-state index contributed by atoms with van der Waals surface area (Å²) in [5.74, 6) is -10.3. The molecule has 1 saturated heterocycles. The Hall–Kier alpha value is -3.15. The lowest BCUT2D eigenvalue weighted by Gasteiger charge is -2.38. The van der Waals surface area contributed by atoms with E-state index in [9.17, 15) is 26.7 Å². The summed E-state index contributed by atoms with van der Waals surface area (Å²) in [7, 11) is 0. The van der Waals surface area contributed by atoms with Gasteiger partial charge in [0.2, 0.25) is 5.82 Å². The minimum absolute atomic E-state index is 0.00565. The van der Waals surface area contributed by atoms with Gasteiger partial charge in [-0.05, 0) is 48.6 Å². The Morgan fingerprint density at radius 3 is 2.00 bits per heavy atom. The van der Waals surface area contributed by atoms with Crippen LogP contribution >= 0.6 is 35.4 Å². The predicted molar refractivity (Wildman–Crippen MR) is 137 cm³/mol. The first kappa shape index (κ1) is 26.9. The van der Waals surface area contributed by atoms with Gasteiger partial charge in [0.05, 0.1) is 10.7 Å². The van der Waals surface area contributed by atoms with Gasteiger partial charge in [-0.25, -0.2) is 22.0 Å². The van der Waals surface area contributed by atoms with Gasteiger partial charge in [0, 0.05) is 42.5 Å². The Morgan fingerprint density at radius 1 is 0.811 bits per heavy atom. The molecular formula is C24H17Cl2F5N4OS. The number of amides is 1. The average Bonchev–Trinajstić information content (AvgIpc) is 2.87. The number of carbonyl (C=O) groups excluding carboxylic acids is 1. The zero-order valence-electron chi connectivity index (χ0n) is 18.7. The molecule has 4 rings (SSSR count). The van der Waals surface area contributed by atoms with Crippen molar-refractivity contribution in [1.82, 2.24) is 5.32 Å². The van der Waals surface area contributed by atoms with Gasteiger partial charge < -0.3 is 15.1 Å². The molecule has 0 spiro atoms. The first-order valence-corrected chi connectivity index (χ1v) is 11.9. The summed E-state index contributed by atoms with van der Waals surface area (Å²) in [6.45, 7) is 0.406. The molecule has 1 heterocycles. The monoisotopic (exact) mass is 574 g/mol. The first-order chi connectivity index (χ1) is 17.6. The van der Waals surface area contributed by atoms with E-state index in [-0.39, 0.29) is 31.3 Å². The van der Waals surface area contributed by atoms with Gasteiger partial charge in [-0.15, -0.1) is 0 Å². The highest BCUT2D eigenvalue weighted by molar-refractivity contribution is 7.80. The van der Waals surface area contributed by atoms with Crippen molar-refractivity contribution < 1.29 is 26.7 Å². The summed E-state index contributed by atoms with van der Waals surface area (Å²) in [5, 5.41) is 6.15. The van der Waals surface area contributed by atoms with Crippen molar-refractivity contribution in [3.8, 4) is 0 Å². The van der Waals surface area contributed by atoms with Crippen molar-refractivity contribution in [1.29, 1.82) is 0 Å². The van der Waals surface area contributed by atoms with Gasteiger partial charge in [-0.2, -0.15) is 0 Å². The summed E-state index contributed by atoms with van der Waals surface area (Å²) < 4.78 is 68.9. The number of piperazine rings is 1. The second-order valence-electron chi connectivity index (χ2n) is 7.98. The molecule has 3 aromatic carbocycles. The van der Waals surface area contributed by atoms with Crippen LogP contribution in [0, 0.1) is 29.1 Å². The van der Waals surface area contributed by atoms with E-state index in [1.54, 1.807) is 36.4 Å². The summed E-state index contributed by atoms with van der Waals surface area (Å²) in [6.07, 6.45) is 0. The van der Waals surface area contributed by atoms with E-state index >= 15 is 0 Å². The maximum atomic E-state index is 14.2. The van der Waals surface area contributed by atoms with Crippen molar-refractivity contribution in [2.45, 2.75) is 0 Å². The number of anilines is 3. The molecule has 13 heteroatoms. The maximum absolute atomic E-state index is 14.2. The Kier molecular flexibility index (Phi) is 8.05. The van der Waals surface area contributed by atoms with Gasteiger partial charge in [-0.1, -0.05) is 29.3 Å². The number of carbonyl (C=O) groups is 1. The molecule has 0 atom stereocenters. The number of halogens is 7. The molecule has 1 aliphatic heterocycles. The molecule has 1 aliphatic rings. The number of thiocarbonyl (C=S) groups is 1. The molecule has 0 saturated carbocycles. The molecule has 37 heavy (non-hydrogen) atoms. The zero-order chi connectivity index (χ0) is 26.9. The van der Waals surface area contributed by atoms with Gasteiger partial charge >= 0.3 is 0 Å². The normalized spacial score (nSPS) is 13.5. The molecule has 0 unspecified atom stereocenters. The molecule has 0 aliphatic carbocycles. The number of hydrogen-bond donors (Lipinski definition) is 2. The lowest BCUT2D eigenvalue weighted by atomic mass is 10.2. The summed E-state index contributed by atoms with van der Waals surface area (Å²) in [5.41, 5.74) is 0.466. The van der Waals surface area contributed by atoms with E-state index in [4.69, 9.17) is 35.4 Å². The van der Waals surface area contributed by atoms with Gasteiger partial charge in [0.25, 0.3) is 5.91 Å². The SMILES string of the molecule is O=C(NC(=S)Nc1ccc(N2CCN(c3c(F)c(F)c(F)c(F)c3F)CC2)c(Cl)c1)c1cccc(Cl)c1. The van der Waals surface area contributed by atoms with Crippen LogP contribution in [0.3, 0.4) is 0 Å². The number of benzene rings is 3. The third kappa shape index (κ3) is 5.73. The Labute approximate surface area is 223 Å². The molecule has 5 nitrogen and oxygen atoms in total. The lowest BCUT2D eigenvalue weighted by molar-refractivity contribution is 0.0977. The second kappa shape index (κ2) is 11.1. The van der Waals surface area contributed by atoms with Crippen LogP contribution in [0.4, 0.5) is 39.0 Å². The van der Waals surface area contributed by atoms with Crippen molar-refractivity contribution in [2.75, 3.05) is 41.3 Å². The quantitative estimate of drug-likeness (QED) is 0.169. The van der Waals surface area contributed by atoms with E-state index in [0.717, 1.165) is 4.90 Å². The molecule has 2 N–H and O–H groups in total. The fourth-order valence-corrected chi connectivity index (χ4v) is 4.55. The van der Waals surface area contributed by atoms with Crippen LogP contribution in [0.5, 0.6) is 0 Å². The summed E-state index contributed by atoms with van der Waals surface area (Å²) >= 11 is 17.5. The summed E-state index contributed by atoms with van der Waals surface area (Å²) in [4.78, 5) is 15.2. The predicted octanol–water partition coefficient (Wildman–Crippen LogP) is 6.14. The Balaban J connectivity index is 1.39. The number of hydrogen-bond acceptors (Lipinski definition) is 4. The van der Waals surface area contributed by atoms with Gasteiger partial charge in [-0.3, -0.25) is 10.1 Å². The third-order valence-electron chi connectivity index (χ3n) is 5.64. The van der Waals surface area contributed by atoms with E-state index < -0.39 is 40.7 Å². The van der Waals surface area contributed by atoms with Crippen LogP contribution in [0.2, 0.25) is 10.0 Å². The smallest absolute Gasteiger partial charge is 0.257 e. The van der Waals surface area contributed by atoms with Crippen LogP contribution in [0.1, 0.15) is 10.4 Å². The number of nitrogens with one attached hydrogen (secondary N) is 2. The Morgan fingerprint density at radius 2 is 1.41 bits per heavy atom. The fourth-order valence-electron chi connectivity index (χ4n) is 3.85. The zero-order valence-corrected chi connectivity index (χ0v) is 21.1. The topological polar surface area (TPSA) is 47.6 Å². The molecule has 1 amide bonds. The fraction of sp³-hybridized carbons (Fsp3) is 0.167. The van der Waals surface area contributed by atoms with Crippen LogP contribution < -0.4 is 20.4 Å². The van der Waals surface area contributed by atoms with Crippen molar-refractivity contribution in [3.63, 3.8) is 0 Å². The summed E-state index contributed by atoms with van der Waals surface area (Å²) in [6, 6.07) is 11.3. The molecule has 0 radical (unpaired) electrons. The largest absolute Gasteiger partial charge is 0.367 e. The molecular weight excluding hydrogens is 558 g/mol. The highest BCUT2D eigenvalue weighted by Crippen LogP contribution is 2.33. The van der Waals surface area contributed by atoms with Crippen LogP contribution in [-0.2, 0) is 0 Å². The van der Waals surface area contributed by atoms with Crippen LogP contribution in [0.15, 0.2) is 42.5 Å². The van der Waals surface area contributed by atoms with Crippen molar-refractivity contribution in [3.05, 3.63) is 87.2 Å². The van der Waals surface area contributed by atoms with E-state index in [2.05, 4.69) is 10.6 Å². The molecule has 3 aromatic rings. The number of nitrogens with zero attached hydrogens (tertiary/aromatic N) is 2. The van der Waals surface area contributed by atoms with E-state index in [1.807, 2.05) is 4.90 Å². The second-order valence-corrected chi connectivity index (χ2v) is 9.23. The highest BCUT2D eigenvalue weighted by atomic mass is 35.5. The lowest BCUT2D eigenvalue weighted by Crippen LogP contribution is -2.47. The molecule has 0 bridgehead atoms. The van der Waals surface area contributed by atoms with Crippen molar-refractivity contribution in [2.24, 2.45) is 0 Å². The minimum Gasteiger partial charge on any atom is -0.367 e. The third-order valence-corrected chi connectivity index (χ3v) is 6.38. The van der Waals surface area contributed by atoms with Crippen LogP contribution in [-0.4, -0.2) is 37.2 Å².